The van der Waals surface area contributed by atoms with Gasteiger partial charge in [0.25, 0.3) is 5.91 Å². The molecule has 9 nitrogen and oxygen atoms in total. The van der Waals surface area contributed by atoms with Crippen molar-refractivity contribution in [2.45, 2.75) is 26.1 Å². The smallest absolute Gasteiger partial charge is 0.399 e. The lowest BCUT2D eigenvalue weighted by molar-refractivity contribution is -0.137. The number of ether oxygens (including phenoxy) is 2. The van der Waals surface area contributed by atoms with Crippen molar-refractivity contribution in [3.63, 3.8) is 0 Å². The third-order valence-corrected chi connectivity index (χ3v) is 6.26. The summed E-state index contributed by atoms with van der Waals surface area (Å²) < 4.78 is 50.6. The number of methoxy groups -OCH3 is 1. The van der Waals surface area contributed by atoms with E-state index in [0.29, 0.717) is 78.8 Å². The molecule has 0 aliphatic carbocycles. The number of nitrogen functional groups attached to an aromatic ring is 1. The van der Waals surface area contributed by atoms with Gasteiger partial charge >= 0.3 is 6.18 Å². The van der Waals surface area contributed by atoms with Crippen LogP contribution in [0.3, 0.4) is 0 Å². The fraction of sp³-hybridized carbons (Fsp3) is 0.423. The number of hydrogen-bond acceptors (Lipinski definition) is 8. The van der Waals surface area contributed by atoms with Crippen LogP contribution in [0.5, 0.6) is 0 Å². The Kier molecular flexibility index (Phi) is 8.22. The number of benzene rings is 2. The van der Waals surface area contributed by atoms with Gasteiger partial charge in [0, 0.05) is 43.5 Å². The van der Waals surface area contributed by atoms with Crippen LogP contribution in [0.4, 0.5) is 30.4 Å². The average molecular weight is 533 g/mol. The number of hydrogen-bond donors (Lipinski definition) is 3. The van der Waals surface area contributed by atoms with E-state index in [1.54, 1.807) is 38.0 Å². The average Bonchev–Trinajstić information content (AvgIpc) is 2.88. The quantitative estimate of drug-likeness (QED) is 0.292. The Labute approximate surface area is 218 Å². The first-order valence-corrected chi connectivity index (χ1v) is 12.2. The van der Waals surface area contributed by atoms with Crippen molar-refractivity contribution >= 4 is 34.0 Å². The van der Waals surface area contributed by atoms with E-state index in [2.05, 4.69) is 20.6 Å². The summed E-state index contributed by atoms with van der Waals surface area (Å²) in [5.74, 6) is 0.727. The summed E-state index contributed by atoms with van der Waals surface area (Å²) in [5.41, 5.74) is 6.90. The molecule has 1 aliphatic heterocycles. The maximum Gasteiger partial charge on any atom is 0.416 e. The number of nitrogens with two attached hydrogens (primary N) is 1. The first-order chi connectivity index (χ1) is 18.1. The van der Waals surface area contributed by atoms with Crippen molar-refractivity contribution in [2.24, 2.45) is 0 Å². The minimum Gasteiger partial charge on any atom is -0.399 e. The van der Waals surface area contributed by atoms with Crippen molar-refractivity contribution in [3.8, 4) is 0 Å². The molecule has 1 aromatic heterocycles. The highest BCUT2D eigenvalue weighted by atomic mass is 19.4. The molecule has 204 valence electrons. The number of carbonyl (C=O) groups excluding carboxylic acids is 1. The summed E-state index contributed by atoms with van der Waals surface area (Å²) >= 11 is 0. The highest BCUT2D eigenvalue weighted by Gasteiger charge is 2.31. The van der Waals surface area contributed by atoms with E-state index in [0.717, 1.165) is 12.1 Å². The Morgan fingerprint density at radius 2 is 1.92 bits per heavy atom. The molecule has 1 saturated heterocycles. The maximum atomic E-state index is 13.4. The number of amides is 1. The predicted molar refractivity (Wildman–Crippen MR) is 139 cm³/mol. The van der Waals surface area contributed by atoms with E-state index in [9.17, 15) is 18.0 Å². The second kappa shape index (κ2) is 11.4. The van der Waals surface area contributed by atoms with Crippen LogP contribution in [0.15, 0.2) is 30.3 Å². The van der Waals surface area contributed by atoms with Crippen LogP contribution >= 0.6 is 0 Å². The zero-order valence-corrected chi connectivity index (χ0v) is 21.5. The molecule has 0 radical (unpaired) electrons. The molecule has 2 aromatic carbocycles. The molecule has 2 heterocycles. The largest absolute Gasteiger partial charge is 0.416 e. The van der Waals surface area contributed by atoms with E-state index in [4.69, 9.17) is 15.2 Å². The summed E-state index contributed by atoms with van der Waals surface area (Å²) in [6, 6.07) is 6.42. The van der Waals surface area contributed by atoms with Crippen LogP contribution in [-0.2, 0) is 15.7 Å². The SMILES string of the molecule is COCCNc1cc2c(N[C@H](C)c3cc(N)cc(C(F)(F)F)c3)nc(C)nc2cc1C(=O)N1CCOCC1. The number of nitrogens with one attached hydrogen (secondary N) is 2. The highest BCUT2D eigenvalue weighted by molar-refractivity contribution is 6.05. The van der Waals surface area contributed by atoms with Crippen molar-refractivity contribution in [1.82, 2.24) is 14.9 Å². The van der Waals surface area contributed by atoms with Crippen LogP contribution in [0.2, 0.25) is 0 Å². The van der Waals surface area contributed by atoms with Crippen molar-refractivity contribution < 1.29 is 27.4 Å². The number of rotatable bonds is 8. The van der Waals surface area contributed by atoms with E-state index in [1.165, 1.54) is 6.07 Å². The van der Waals surface area contributed by atoms with Crippen LogP contribution in [0.1, 0.15) is 40.3 Å². The minimum absolute atomic E-state index is 0.0168. The molecule has 12 heteroatoms. The Bertz CT molecular complexity index is 1310. The molecule has 1 fully saturated rings. The van der Waals surface area contributed by atoms with Gasteiger partial charge in [0.05, 0.1) is 42.5 Å². The number of halogens is 3. The van der Waals surface area contributed by atoms with Gasteiger partial charge in [0.2, 0.25) is 0 Å². The topological polar surface area (TPSA) is 115 Å². The normalized spacial score (nSPS) is 14.9. The number of nitrogens with zero attached hydrogens (tertiary/aromatic N) is 3. The van der Waals surface area contributed by atoms with Crippen LogP contribution in [0, 0.1) is 6.92 Å². The Morgan fingerprint density at radius 3 is 2.61 bits per heavy atom. The molecule has 0 bridgehead atoms. The lowest BCUT2D eigenvalue weighted by Crippen LogP contribution is -2.41. The standard InChI is InChI=1S/C26H31F3N6O3/c1-15(17-10-18(26(27,28)29)12-19(30)11-17)32-24-20-13-22(31-4-7-37-3)21(14-23(20)33-16(2)34-24)25(36)35-5-8-38-9-6-35/h10-15,31H,4-9,30H2,1-3H3,(H,32,33,34)/t15-/m1/s1. The summed E-state index contributed by atoms with van der Waals surface area (Å²) in [4.78, 5) is 24.2. The first kappa shape index (κ1) is 27.4. The van der Waals surface area contributed by atoms with Gasteiger partial charge in [-0.3, -0.25) is 4.79 Å². The van der Waals surface area contributed by atoms with E-state index < -0.39 is 17.8 Å². The van der Waals surface area contributed by atoms with Gasteiger partial charge in [0.15, 0.2) is 0 Å². The number of anilines is 3. The number of aromatic nitrogens is 2. The van der Waals surface area contributed by atoms with Gasteiger partial charge in [-0.05, 0) is 49.7 Å². The summed E-state index contributed by atoms with van der Waals surface area (Å²) in [6.07, 6.45) is -4.52. The molecule has 0 unspecified atom stereocenters. The fourth-order valence-corrected chi connectivity index (χ4v) is 4.33. The molecule has 4 rings (SSSR count). The summed E-state index contributed by atoms with van der Waals surface area (Å²) in [5, 5.41) is 7.08. The van der Waals surface area contributed by atoms with Crippen LogP contribution < -0.4 is 16.4 Å². The van der Waals surface area contributed by atoms with Crippen molar-refractivity contribution in [2.75, 3.05) is 62.9 Å². The maximum absolute atomic E-state index is 13.4. The summed E-state index contributed by atoms with van der Waals surface area (Å²) in [7, 11) is 1.59. The Balaban J connectivity index is 1.74. The third kappa shape index (κ3) is 6.25. The fourth-order valence-electron chi connectivity index (χ4n) is 4.33. The lowest BCUT2D eigenvalue weighted by Gasteiger charge is -2.28. The molecular weight excluding hydrogens is 501 g/mol. The molecule has 38 heavy (non-hydrogen) atoms. The van der Waals surface area contributed by atoms with Crippen molar-refractivity contribution in [3.05, 3.63) is 52.8 Å². The second-order valence-electron chi connectivity index (χ2n) is 9.11. The van der Waals surface area contributed by atoms with E-state index in [1.807, 2.05) is 0 Å². The van der Waals surface area contributed by atoms with Gasteiger partial charge < -0.3 is 30.7 Å². The Morgan fingerprint density at radius 1 is 1.18 bits per heavy atom. The molecule has 1 aliphatic rings. The Hall–Kier alpha value is -3.64. The van der Waals surface area contributed by atoms with Gasteiger partial charge in [-0.2, -0.15) is 13.2 Å². The van der Waals surface area contributed by atoms with Crippen molar-refractivity contribution in [1.29, 1.82) is 0 Å². The highest BCUT2D eigenvalue weighted by Crippen LogP contribution is 2.35. The molecule has 1 amide bonds. The van der Waals surface area contributed by atoms with Gasteiger partial charge in [-0.1, -0.05) is 0 Å². The number of fused-ring (bicyclic) bond motifs is 1. The lowest BCUT2D eigenvalue weighted by atomic mass is 10.0. The molecule has 4 N–H and O–H groups in total. The zero-order chi connectivity index (χ0) is 27.4. The predicted octanol–water partition coefficient (Wildman–Crippen LogP) is 4.24. The molecule has 0 spiro atoms. The molecular formula is C26H31F3N6O3. The minimum atomic E-state index is -4.52. The molecule has 0 saturated carbocycles. The van der Waals surface area contributed by atoms with E-state index in [-0.39, 0.29) is 11.6 Å². The number of aryl methyl sites for hydroxylation is 1. The monoisotopic (exact) mass is 532 g/mol. The number of morpholine rings is 1. The van der Waals surface area contributed by atoms with Crippen LogP contribution in [0.25, 0.3) is 10.9 Å². The van der Waals surface area contributed by atoms with Gasteiger partial charge in [-0.25, -0.2) is 9.97 Å². The first-order valence-electron chi connectivity index (χ1n) is 12.2. The molecule has 3 aromatic rings. The van der Waals surface area contributed by atoms with Crippen LogP contribution in [-0.4, -0.2) is 67.3 Å². The van der Waals surface area contributed by atoms with Gasteiger partial charge in [-0.15, -0.1) is 0 Å². The molecule has 1 atom stereocenters. The zero-order valence-electron chi connectivity index (χ0n) is 21.5. The number of carbonyl (C=O) groups is 1. The summed E-state index contributed by atoms with van der Waals surface area (Å²) in [6.45, 7) is 6.24. The second-order valence-corrected chi connectivity index (χ2v) is 9.11. The third-order valence-electron chi connectivity index (χ3n) is 6.26. The van der Waals surface area contributed by atoms with Gasteiger partial charge in [0.1, 0.15) is 11.6 Å². The van der Waals surface area contributed by atoms with E-state index >= 15 is 0 Å². The number of alkyl halides is 3.